The van der Waals surface area contributed by atoms with Crippen molar-refractivity contribution in [3.05, 3.63) is 57.8 Å². The van der Waals surface area contributed by atoms with Gasteiger partial charge >= 0.3 is 0 Å². The molecule has 1 atom stereocenters. The minimum Gasteiger partial charge on any atom is -0.497 e. The number of halogens is 2. The standard InChI is InChI=1S/C20H23Cl2N3O2/c1-27-16-7-5-14(6-8-16)18(25-9-3-2-4-10-25)13-24-20(26)15-11-17(21)19(22)23-12-15/h5-8,11-12,18H,2-4,9-10,13H2,1H3,(H,24,26)/t18-/m1/s1. The number of carbonyl (C=O) groups excluding carboxylic acids is 1. The summed E-state index contributed by atoms with van der Waals surface area (Å²) in [5.74, 6) is 0.610. The van der Waals surface area contributed by atoms with Crippen LogP contribution in [0.4, 0.5) is 0 Å². The van der Waals surface area contributed by atoms with Crippen molar-refractivity contribution in [2.45, 2.75) is 25.3 Å². The first-order valence-electron chi connectivity index (χ1n) is 9.05. The van der Waals surface area contributed by atoms with Gasteiger partial charge in [-0.25, -0.2) is 4.98 Å². The van der Waals surface area contributed by atoms with Gasteiger partial charge < -0.3 is 10.1 Å². The van der Waals surface area contributed by atoms with E-state index in [-0.39, 0.29) is 22.1 Å². The second-order valence-electron chi connectivity index (χ2n) is 6.59. The zero-order valence-electron chi connectivity index (χ0n) is 15.3. The second-order valence-corrected chi connectivity index (χ2v) is 7.36. The molecule has 27 heavy (non-hydrogen) atoms. The number of piperidine rings is 1. The lowest BCUT2D eigenvalue weighted by Crippen LogP contribution is -2.40. The van der Waals surface area contributed by atoms with Gasteiger partial charge in [0.25, 0.3) is 5.91 Å². The summed E-state index contributed by atoms with van der Waals surface area (Å²) >= 11 is 11.8. The first-order valence-corrected chi connectivity index (χ1v) is 9.81. The molecule has 7 heteroatoms. The highest BCUT2D eigenvalue weighted by Crippen LogP contribution is 2.26. The molecular formula is C20H23Cl2N3O2. The molecule has 1 N–H and O–H groups in total. The maximum absolute atomic E-state index is 12.5. The van der Waals surface area contributed by atoms with Crippen molar-refractivity contribution in [2.24, 2.45) is 0 Å². The van der Waals surface area contributed by atoms with Gasteiger partial charge in [-0.3, -0.25) is 9.69 Å². The normalized spacial score (nSPS) is 16.0. The Hall–Kier alpha value is -1.82. The van der Waals surface area contributed by atoms with Crippen molar-refractivity contribution in [3.8, 4) is 5.75 Å². The van der Waals surface area contributed by atoms with Crippen LogP contribution in [0.2, 0.25) is 10.2 Å². The molecule has 1 fully saturated rings. The monoisotopic (exact) mass is 407 g/mol. The number of ether oxygens (including phenoxy) is 1. The number of likely N-dealkylation sites (tertiary alicyclic amines) is 1. The third-order valence-corrected chi connectivity index (χ3v) is 5.53. The van der Waals surface area contributed by atoms with Crippen LogP contribution in [0.3, 0.4) is 0 Å². The molecule has 1 aliphatic heterocycles. The zero-order chi connectivity index (χ0) is 19.2. The summed E-state index contributed by atoms with van der Waals surface area (Å²) in [6.45, 7) is 2.56. The smallest absolute Gasteiger partial charge is 0.252 e. The minimum atomic E-state index is -0.211. The quantitative estimate of drug-likeness (QED) is 0.722. The number of hydrogen-bond acceptors (Lipinski definition) is 4. The van der Waals surface area contributed by atoms with Gasteiger partial charge in [0.2, 0.25) is 0 Å². The topological polar surface area (TPSA) is 54.5 Å². The number of aromatic nitrogens is 1. The summed E-state index contributed by atoms with van der Waals surface area (Å²) < 4.78 is 5.26. The van der Waals surface area contributed by atoms with Crippen LogP contribution in [0.15, 0.2) is 36.5 Å². The molecule has 1 aromatic heterocycles. The Morgan fingerprint density at radius 1 is 1.22 bits per heavy atom. The zero-order valence-corrected chi connectivity index (χ0v) is 16.8. The third kappa shape index (κ3) is 5.12. The van der Waals surface area contributed by atoms with Gasteiger partial charge in [-0.05, 0) is 49.7 Å². The van der Waals surface area contributed by atoms with Crippen LogP contribution in [0.1, 0.15) is 41.2 Å². The first kappa shape index (κ1) is 19.9. The Kier molecular flexibility index (Phi) is 6.94. The first-order chi connectivity index (χ1) is 13.1. The molecule has 5 nitrogen and oxygen atoms in total. The summed E-state index contributed by atoms with van der Waals surface area (Å²) in [5.41, 5.74) is 1.56. The molecule has 144 valence electrons. The lowest BCUT2D eigenvalue weighted by atomic mass is 10.0. The highest BCUT2D eigenvalue weighted by Gasteiger charge is 2.23. The highest BCUT2D eigenvalue weighted by atomic mass is 35.5. The average molecular weight is 408 g/mol. The number of nitrogens with one attached hydrogen (secondary N) is 1. The predicted octanol–water partition coefficient (Wildman–Crippen LogP) is 4.35. The number of amides is 1. The molecular weight excluding hydrogens is 385 g/mol. The van der Waals surface area contributed by atoms with Gasteiger partial charge in [0.05, 0.1) is 23.7 Å². The fraction of sp³-hybridized carbons (Fsp3) is 0.400. The largest absolute Gasteiger partial charge is 0.497 e. The Balaban J connectivity index is 1.73. The fourth-order valence-electron chi connectivity index (χ4n) is 3.35. The molecule has 0 saturated carbocycles. The lowest BCUT2D eigenvalue weighted by Gasteiger charge is -2.35. The Morgan fingerprint density at radius 2 is 1.93 bits per heavy atom. The highest BCUT2D eigenvalue weighted by molar-refractivity contribution is 6.41. The summed E-state index contributed by atoms with van der Waals surface area (Å²) in [5, 5.41) is 3.48. The average Bonchev–Trinajstić information content (AvgIpc) is 2.71. The summed E-state index contributed by atoms with van der Waals surface area (Å²) in [4.78, 5) is 18.9. The molecule has 1 saturated heterocycles. The maximum Gasteiger partial charge on any atom is 0.252 e. The van der Waals surface area contributed by atoms with Crippen LogP contribution in [0, 0.1) is 0 Å². The number of methoxy groups -OCH3 is 1. The fourth-order valence-corrected chi connectivity index (χ4v) is 3.62. The van der Waals surface area contributed by atoms with Crippen molar-refractivity contribution in [3.63, 3.8) is 0 Å². The van der Waals surface area contributed by atoms with E-state index in [2.05, 4.69) is 27.3 Å². The van der Waals surface area contributed by atoms with Crippen LogP contribution < -0.4 is 10.1 Å². The van der Waals surface area contributed by atoms with Gasteiger partial charge in [0, 0.05) is 12.7 Å². The number of rotatable bonds is 6. The summed E-state index contributed by atoms with van der Waals surface area (Å²) in [7, 11) is 1.66. The van der Waals surface area contributed by atoms with E-state index in [1.807, 2.05) is 12.1 Å². The SMILES string of the molecule is COc1ccc([C@@H](CNC(=O)c2cnc(Cl)c(Cl)c2)N2CCCCC2)cc1. The molecule has 3 rings (SSSR count). The molecule has 1 aliphatic rings. The summed E-state index contributed by atoms with van der Waals surface area (Å²) in [6.07, 6.45) is 5.05. The number of nitrogens with zero attached hydrogens (tertiary/aromatic N) is 2. The molecule has 0 bridgehead atoms. The van der Waals surface area contributed by atoms with Gasteiger partial charge in [0.15, 0.2) is 0 Å². The van der Waals surface area contributed by atoms with Gasteiger partial charge in [-0.15, -0.1) is 0 Å². The number of carbonyl (C=O) groups is 1. The number of hydrogen-bond donors (Lipinski definition) is 1. The van der Waals surface area contributed by atoms with Crippen molar-refractivity contribution < 1.29 is 9.53 Å². The molecule has 2 heterocycles. The van der Waals surface area contributed by atoms with Crippen molar-refractivity contribution in [1.29, 1.82) is 0 Å². The van der Waals surface area contributed by atoms with Crippen molar-refractivity contribution >= 4 is 29.1 Å². The Bertz CT molecular complexity index is 777. The molecule has 0 aliphatic carbocycles. The van der Waals surface area contributed by atoms with E-state index >= 15 is 0 Å². The van der Waals surface area contributed by atoms with E-state index in [0.29, 0.717) is 12.1 Å². The molecule has 1 amide bonds. The lowest BCUT2D eigenvalue weighted by molar-refractivity contribution is 0.0924. The molecule has 2 aromatic rings. The van der Waals surface area contributed by atoms with Crippen LogP contribution in [0.25, 0.3) is 0 Å². The Labute approximate surface area is 169 Å². The number of pyridine rings is 1. The van der Waals surface area contributed by atoms with Crippen molar-refractivity contribution in [1.82, 2.24) is 15.2 Å². The van der Waals surface area contributed by atoms with Crippen molar-refractivity contribution in [2.75, 3.05) is 26.7 Å². The van der Waals surface area contributed by atoms with Crippen LogP contribution in [-0.4, -0.2) is 42.5 Å². The van der Waals surface area contributed by atoms with Crippen LogP contribution in [0.5, 0.6) is 5.75 Å². The second kappa shape index (κ2) is 9.40. The minimum absolute atomic E-state index is 0.107. The summed E-state index contributed by atoms with van der Waals surface area (Å²) in [6, 6.07) is 9.68. The van der Waals surface area contributed by atoms with Crippen LogP contribution in [-0.2, 0) is 0 Å². The molecule has 0 spiro atoms. The van der Waals surface area contributed by atoms with E-state index in [1.165, 1.54) is 31.5 Å². The van der Waals surface area contributed by atoms with E-state index in [9.17, 15) is 4.79 Å². The van der Waals surface area contributed by atoms with E-state index in [4.69, 9.17) is 27.9 Å². The van der Waals surface area contributed by atoms with Crippen LogP contribution >= 0.6 is 23.2 Å². The molecule has 0 unspecified atom stereocenters. The third-order valence-electron chi connectivity index (χ3n) is 4.85. The Morgan fingerprint density at radius 3 is 2.56 bits per heavy atom. The number of benzene rings is 1. The van der Waals surface area contributed by atoms with E-state index in [1.54, 1.807) is 7.11 Å². The molecule has 0 radical (unpaired) electrons. The van der Waals surface area contributed by atoms with E-state index < -0.39 is 0 Å². The van der Waals surface area contributed by atoms with Gasteiger partial charge in [-0.2, -0.15) is 0 Å². The molecule has 1 aromatic carbocycles. The van der Waals surface area contributed by atoms with Gasteiger partial charge in [-0.1, -0.05) is 41.8 Å². The maximum atomic E-state index is 12.5. The predicted molar refractivity (Wildman–Crippen MR) is 108 cm³/mol. The van der Waals surface area contributed by atoms with Gasteiger partial charge in [0.1, 0.15) is 10.9 Å². The van der Waals surface area contributed by atoms with E-state index in [0.717, 1.165) is 24.4 Å².